The average molecular weight is 434 g/mol. The molecule has 0 spiro atoms. The zero-order chi connectivity index (χ0) is 19.9. The fourth-order valence-electron chi connectivity index (χ4n) is 2.34. The first-order valence-corrected chi connectivity index (χ1v) is 10.0. The molecule has 0 saturated heterocycles. The molecule has 0 unspecified atom stereocenters. The van der Waals surface area contributed by atoms with Crippen LogP contribution in [0.25, 0.3) is 0 Å². The summed E-state index contributed by atoms with van der Waals surface area (Å²) in [7, 11) is 0. The number of thioether (sulfide) groups is 1. The van der Waals surface area contributed by atoms with Gasteiger partial charge in [0.25, 0.3) is 0 Å². The molecule has 0 bridgehead atoms. The van der Waals surface area contributed by atoms with Gasteiger partial charge in [-0.25, -0.2) is 10.5 Å². The number of aromatic nitrogens is 3. The highest BCUT2D eigenvalue weighted by atomic mass is 35.5. The summed E-state index contributed by atoms with van der Waals surface area (Å²) in [5, 5.41) is 22.8. The molecule has 0 aliphatic rings. The van der Waals surface area contributed by atoms with Crippen LogP contribution >= 0.6 is 35.0 Å². The number of halogens is 2. The van der Waals surface area contributed by atoms with E-state index in [1.165, 1.54) is 18.0 Å². The molecule has 1 heterocycles. The van der Waals surface area contributed by atoms with Crippen LogP contribution in [0.4, 0.5) is 5.95 Å². The van der Waals surface area contributed by atoms with Crippen molar-refractivity contribution in [3.63, 3.8) is 0 Å². The van der Waals surface area contributed by atoms with Crippen molar-refractivity contribution in [2.45, 2.75) is 17.3 Å². The minimum Gasteiger partial charge on any atom is -0.507 e. The topological polar surface area (TPSA) is 86.2 Å². The van der Waals surface area contributed by atoms with Gasteiger partial charge in [-0.1, -0.05) is 59.2 Å². The number of anilines is 1. The number of hydrogen-bond donors (Lipinski definition) is 3. The van der Waals surface area contributed by atoms with Crippen LogP contribution in [0.15, 0.2) is 59.3 Å². The van der Waals surface area contributed by atoms with Crippen LogP contribution in [0.3, 0.4) is 0 Å². The normalized spacial score (nSPS) is 11.1. The van der Waals surface area contributed by atoms with Crippen molar-refractivity contribution in [1.82, 2.24) is 15.2 Å². The van der Waals surface area contributed by atoms with Gasteiger partial charge < -0.3 is 5.11 Å². The molecule has 0 radical (unpaired) electrons. The summed E-state index contributed by atoms with van der Waals surface area (Å²) in [6.07, 6.45) is 3.84. The van der Waals surface area contributed by atoms with E-state index in [9.17, 15) is 5.11 Å². The van der Waals surface area contributed by atoms with Crippen LogP contribution in [0.2, 0.25) is 10.0 Å². The van der Waals surface area contributed by atoms with Crippen molar-refractivity contribution in [3.05, 3.63) is 75.8 Å². The Kier molecular flexibility index (Phi) is 6.97. The molecule has 0 aliphatic carbocycles. The minimum absolute atomic E-state index is 0.184. The van der Waals surface area contributed by atoms with Crippen LogP contribution < -0.4 is 5.43 Å². The summed E-state index contributed by atoms with van der Waals surface area (Å²) in [5.74, 6) is 1.24. The predicted octanol–water partition coefficient (Wildman–Crippen LogP) is 5.28. The lowest BCUT2D eigenvalue weighted by atomic mass is 10.1. The van der Waals surface area contributed by atoms with Gasteiger partial charge >= 0.3 is 0 Å². The monoisotopic (exact) mass is 433 g/mol. The molecule has 28 heavy (non-hydrogen) atoms. The first kappa shape index (κ1) is 20.3. The van der Waals surface area contributed by atoms with Gasteiger partial charge in [-0.15, -0.1) is 11.7 Å². The number of hydrogen-bond acceptors (Lipinski definition) is 6. The molecule has 0 saturated carbocycles. The van der Waals surface area contributed by atoms with E-state index in [1.807, 2.05) is 24.3 Å². The molecule has 2 aromatic carbocycles. The van der Waals surface area contributed by atoms with Crippen LogP contribution in [0.5, 0.6) is 5.75 Å². The van der Waals surface area contributed by atoms with Crippen molar-refractivity contribution in [2.75, 3.05) is 5.43 Å². The Balaban J connectivity index is 1.57. The molecule has 9 heteroatoms. The van der Waals surface area contributed by atoms with Crippen LogP contribution in [0, 0.1) is 0 Å². The molecule has 144 valence electrons. The molecular formula is C19H17Cl2N5OS. The summed E-state index contributed by atoms with van der Waals surface area (Å²) in [6.45, 7) is 3.68. The highest BCUT2D eigenvalue weighted by Crippen LogP contribution is 2.26. The van der Waals surface area contributed by atoms with Gasteiger partial charge in [0.05, 0.1) is 16.3 Å². The number of phenols is 1. The molecule has 3 aromatic rings. The lowest BCUT2D eigenvalue weighted by Crippen LogP contribution is -1.94. The average Bonchev–Trinajstić information content (AvgIpc) is 3.13. The smallest absolute Gasteiger partial charge is 0.240 e. The highest BCUT2D eigenvalue weighted by Gasteiger charge is 2.06. The number of nitrogens with one attached hydrogen (secondary N) is 2. The number of rotatable bonds is 8. The van der Waals surface area contributed by atoms with Crippen LogP contribution in [-0.4, -0.2) is 26.5 Å². The molecule has 0 amide bonds. The van der Waals surface area contributed by atoms with Crippen molar-refractivity contribution in [3.8, 4) is 5.75 Å². The fraction of sp³-hybridized carbons (Fsp3) is 0.105. The molecule has 1 aromatic heterocycles. The zero-order valence-electron chi connectivity index (χ0n) is 14.7. The third-order valence-electron chi connectivity index (χ3n) is 3.71. The van der Waals surface area contributed by atoms with Gasteiger partial charge in [0.1, 0.15) is 5.75 Å². The number of phenolic OH excluding ortho intramolecular Hbond substituents is 1. The van der Waals surface area contributed by atoms with E-state index in [1.54, 1.807) is 18.2 Å². The fourth-order valence-corrected chi connectivity index (χ4v) is 3.40. The Morgan fingerprint density at radius 3 is 2.89 bits per heavy atom. The van der Waals surface area contributed by atoms with Crippen molar-refractivity contribution in [1.29, 1.82) is 0 Å². The number of allylic oxidation sites excluding steroid dienone is 1. The molecule has 3 rings (SSSR count). The minimum atomic E-state index is 0.184. The number of nitrogens with zero attached hydrogens (tertiary/aromatic N) is 3. The molecule has 0 fully saturated rings. The third-order valence-corrected chi connectivity index (χ3v) is 5.36. The third kappa shape index (κ3) is 5.28. The molecule has 0 atom stereocenters. The Bertz CT molecular complexity index is 1010. The summed E-state index contributed by atoms with van der Waals surface area (Å²) >= 11 is 13.4. The van der Waals surface area contributed by atoms with E-state index >= 15 is 0 Å². The van der Waals surface area contributed by atoms with Crippen LogP contribution in [0.1, 0.15) is 16.7 Å². The highest BCUT2D eigenvalue weighted by molar-refractivity contribution is 7.98. The van der Waals surface area contributed by atoms with Gasteiger partial charge in [-0.2, -0.15) is 10.1 Å². The van der Waals surface area contributed by atoms with Gasteiger partial charge in [0.15, 0.2) is 0 Å². The van der Waals surface area contributed by atoms with Crippen LogP contribution in [-0.2, 0) is 12.2 Å². The first-order chi connectivity index (χ1) is 13.6. The standard InChI is InChI=1S/C19H17Cl2N5OS/c1-2-4-13-5-3-6-14(17(13)27)10-22-24-18-23-19(26-25-18)28-11-12-7-8-15(20)16(21)9-12/h2-3,5-10,27H,1,4,11H2,(H2,23,24,25,26). The lowest BCUT2D eigenvalue weighted by molar-refractivity contribution is 0.469. The van der Waals surface area contributed by atoms with E-state index in [4.69, 9.17) is 23.2 Å². The summed E-state index contributed by atoms with van der Waals surface area (Å²) < 4.78 is 0. The van der Waals surface area contributed by atoms with Gasteiger partial charge in [0, 0.05) is 11.3 Å². The van der Waals surface area contributed by atoms with Gasteiger partial charge in [-0.3, -0.25) is 0 Å². The summed E-state index contributed by atoms with van der Waals surface area (Å²) in [4.78, 5) is 4.30. The number of para-hydroxylation sites is 1. The maximum absolute atomic E-state index is 10.2. The van der Waals surface area contributed by atoms with E-state index in [0.29, 0.717) is 38.9 Å². The van der Waals surface area contributed by atoms with E-state index < -0.39 is 0 Å². The Morgan fingerprint density at radius 1 is 1.25 bits per heavy atom. The van der Waals surface area contributed by atoms with E-state index in [2.05, 4.69) is 32.3 Å². The maximum atomic E-state index is 10.2. The second-order valence-electron chi connectivity index (χ2n) is 5.72. The Labute approximate surface area is 176 Å². The molecular weight excluding hydrogens is 417 g/mol. The van der Waals surface area contributed by atoms with Crippen molar-refractivity contribution >= 4 is 47.1 Å². The predicted molar refractivity (Wildman–Crippen MR) is 116 cm³/mol. The summed E-state index contributed by atoms with van der Waals surface area (Å²) in [5.41, 5.74) is 5.17. The van der Waals surface area contributed by atoms with Gasteiger partial charge in [0.2, 0.25) is 11.1 Å². The largest absolute Gasteiger partial charge is 0.507 e. The van der Waals surface area contributed by atoms with Gasteiger partial charge in [-0.05, 0) is 35.7 Å². The van der Waals surface area contributed by atoms with Crippen molar-refractivity contribution < 1.29 is 5.11 Å². The second kappa shape index (κ2) is 9.64. The first-order valence-electron chi connectivity index (χ1n) is 8.26. The number of aromatic hydroxyl groups is 1. The quantitative estimate of drug-likeness (QED) is 0.194. The number of aromatic amines is 1. The number of benzene rings is 2. The SMILES string of the molecule is C=CCc1cccc(C=NNc2nc(SCc3ccc(Cl)c(Cl)c3)n[nH]2)c1O. The summed E-state index contributed by atoms with van der Waals surface area (Å²) in [6, 6.07) is 11.0. The maximum Gasteiger partial charge on any atom is 0.240 e. The lowest BCUT2D eigenvalue weighted by Gasteiger charge is -2.04. The van der Waals surface area contributed by atoms with E-state index in [0.717, 1.165) is 11.1 Å². The molecule has 0 aliphatic heterocycles. The zero-order valence-corrected chi connectivity index (χ0v) is 17.0. The number of H-pyrrole nitrogens is 1. The van der Waals surface area contributed by atoms with Crippen molar-refractivity contribution in [2.24, 2.45) is 5.10 Å². The Morgan fingerprint density at radius 2 is 2.11 bits per heavy atom. The molecule has 6 nitrogen and oxygen atoms in total. The molecule has 3 N–H and O–H groups in total. The second-order valence-corrected chi connectivity index (χ2v) is 7.48. The number of hydrazone groups is 1. The Hall–Kier alpha value is -2.48. The van der Waals surface area contributed by atoms with E-state index in [-0.39, 0.29) is 5.75 Å².